The normalized spacial score (nSPS) is 12.5. The Kier molecular flexibility index (Phi) is 4.38. The molecule has 0 saturated heterocycles. The molecule has 0 aliphatic rings. The van der Waals surface area contributed by atoms with Gasteiger partial charge in [-0.3, -0.25) is 0 Å². The summed E-state index contributed by atoms with van der Waals surface area (Å²) in [5.74, 6) is 0.340. The monoisotopic (exact) mass is 286 g/mol. The molecule has 0 fully saturated rings. The maximum absolute atomic E-state index is 9.55. The maximum Gasteiger partial charge on any atom is 0.161 e. The second kappa shape index (κ2) is 6.22. The molecule has 0 spiro atoms. The van der Waals surface area contributed by atoms with Gasteiger partial charge in [0.2, 0.25) is 0 Å². The first-order chi connectivity index (χ1) is 10.0. The van der Waals surface area contributed by atoms with E-state index in [1.165, 1.54) is 13.2 Å². The summed E-state index contributed by atoms with van der Waals surface area (Å²) in [4.78, 5) is 0. The topological polar surface area (TPSA) is 69.9 Å². The first kappa shape index (κ1) is 14.8. The molecule has 0 aromatic heterocycles. The lowest BCUT2D eigenvalue weighted by Gasteiger charge is -2.08. The summed E-state index contributed by atoms with van der Waals surface area (Å²) in [6.07, 6.45) is 3.88. The van der Waals surface area contributed by atoms with Crippen LogP contribution in [0.4, 0.5) is 0 Å². The molecule has 0 aliphatic heterocycles. The van der Waals surface area contributed by atoms with E-state index >= 15 is 0 Å². The fraction of sp³-hybridized carbons (Fsp3) is 0.176. The number of methoxy groups -OCH3 is 1. The van der Waals surface area contributed by atoms with E-state index in [1.54, 1.807) is 30.3 Å². The second-order valence-electron chi connectivity index (χ2n) is 4.83. The van der Waals surface area contributed by atoms with Crippen LogP contribution in [-0.4, -0.2) is 22.4 Å². The molecule has 1 unspecified atom stereocenters. The van der Waals surface area contributed by atoms with Crippen molar-refractivity contribution in [2.75, 3.05) is 7.11 Å². The van der Waals surface area contributed by atoms with Crippen molar-refractivity contribution in [3.8, 4) is 23.0 Å². The Morgan fingerprint density at radius 2 is 1.67 bits per heavy atom. The van der Waals surface area contributed by atoms with Gasteiger partial charge in [0.05, 0.1) is 7.11 Å². The number of aromatic hydroxyl groups is 3. The molecular formula is C17H18O4. The van der Waals surface area contributed by atoms with Gasteiger partial charge in [-0.05, 0) is 41.3 Å². The molecule has 2 rings (SSSR count). The molecule has 0 heterocycles. The van der Waals surface area contributed by atoms with E-state index < -0.39 is 0 Å². The van der Waals surface area contributed by atoms with Crippen LogP contribution in [0.25, 0.3) is 6.08 Å². The molecular weight excluding hydrogens is 268 g/mol. The highest BCUT2D eigenvalue weighted by Crippen LogP contribution is 2.30. The summed E-state index contributed by atoms with van der Waals surface area (Å²) in [5.41, 5.74) is 1.80. The van der Waals surface area contributed by atoms with Gasteiger partial charge in [0, 0.05) is 0 Å². The highest BCUT2D eigenvalue weighted by atomic mass is 16.5. The van der Waals surface area contributed by atoms with Crippen molar-refractivity contribution in [2.45, 2.75) is 12.8 Å². The minimum absolute atomic E-state index is 0.0660. The maximum atomic E-state index is 9.55. The van der Waals surface area contributed by atoms with Gasteiger partial charge in [0.15, 0.2) is 23.0 Å². The molecule has 3 N–H and O–H groups in total. The predicted octanol–water partition coefficient (Wildman–Crippen LogP) is 3.63. The first-order valence-electron chi connectivity index (χ1n) is 6.58. The summed E-state index contributed by atoms with van der Waals surface area (Å²) in [5, 5.41) is 28.4. The smallest absolute Gasteiger partial charge is 0.161 e. The molecule has 110 valence electrons. The Morgan fingerprint density at radius 1 is 0.952 bits per heavy atom. The Hall–Kier alpha value is -2.62. The van der Waals surface area contributed by atoms with Gasteiger partial charge >= 0.3 is 0 Å². The number of benzene rings is 2. The van der Waals surface area contributed by atoms with Crippen LogP contribution in [0.1, 0.15) is 24.0 Å². The van der Waals surface area contributed by atoms with Crippen LogP contribution >= 0.6 is 0 Å². The zero-order valence-corrected chi connectivity index (χ0v) is 11.9. The minimum Gasteiger partial charge on any atom is -0.504 e. The van der Waals surface area contributed by atoms with Crippen molar-refractivity contribution >= 4 is 6.08 Å². The molecule has 2 aromatic rings. The van der Waals surface area contributed by atoms with Crippen molar-refractivity contribution in [3.63, 3.8) is 0 Å². The zero-order valence-electron chi connectivity index (χ0n) is 11.9. The fourth-order valence-corrected chi connectivity index (χ4v) is 1.99. The lowest BCUT2D eigenvalue weighted by Crippen LogP contribution is -1.89. The SMILES string of the molecule is COc1cc(C=CC(C)c2ccc(O)c(O)c2)ccc1O. The molecule has 2 aromatic carbocycles. The average Bonchev–Trinajstić information content (AvgIpc) is 2.48. The molecule has 21 heavy (non-hydrogen) atoms. The van der Waals surface area contributed by atoms with Crippen LogP contribution in [0.5, 0.6) is 23.0 Å². The van der Waals surface area contributed by atoms with Gasteiger partial charge in [0.25, 0.3) is 0 Å². The summed E-state index contributed by atoms with van der Waals surface area (Å²) >= 11 is 0. The van der Waals surface area contributed by atoms with E-state index in [4.69, 9.17) is 4.74 Å². The highest BCUT2D eigenvalue weighted by Gasteiger charge is 2.06. The molecule has 1 atom stereocenters. The number of phenols is 3. The van der Waals surface area contributed by atoms with Gasteiger partial charge in [-0.25, -0.2) is 0 Å². The van der Waals surface area contributed by atoms with Crippen LogP contribution < -0.4 is 4.74 Å². The van der Waals surface area contributed by atoms with Gasteiger partial charge < -0.3 is 20.1 Å². The van der Waals surface area contributed by atoms with Crippen molar-refractivity contribution in [2.24, 2.45) is 0 Å². The molecule has 0 radical (unpaired) electrons. The fourth-order valence-electron chi connectivity index (χ4n) is 1.99. The molecule has 0 aliphatic carbocycles. The zero-order chi connectivity index (χ0) is 15.4. The Morgan fingerprint density at radius 3 is 2.33 bits per heavy atom. The third-order valence-corrected chi connectivity index (χ3v) is 3.31. The van der Waals surface area contributed by atoms with E-state index in [-0.39, 0.29) is 23.2 Å². The highest BCUT2D eigenvalue weighted by molar-refractivity contribution is 5.56. The summed E-state index contributed by atoms with van der Waals surface area (Å²) in [6.45, 7) is 1.99. The minimum atomic E-state index is -0.127. The summed E-state index contributed by atoms with van der Waals surface area (Å²) in [6, 6.07) is 9.89. The van der Waals surface area contributed by atoms with Gasteiger partial charge in [-0.15, -0.1) is 0 Å². The van der Waals surface area contributed by atoms with Gasteiger partial charge in [0.1, 0.15) is 0 Å². The van der Waals surface area contributed by atoms with Crippen LogP contribution in [-0.2, 0) is 0 Å². The van der Waals surface area contributed by atoms with Gasteiger partial charge in [-0.2, -0.15) is 0 Å². The molecule has 0 saturated carbocycles. The lowest BCUT2D eigenvalue weighted by molar-refractivity contribution is 0.373. The van der Waals surface area contributed by atoms with Crippen LogP contribution in [0, 0.1) is 0 Å². The van der Waals surface area contributed by atoms with Crippen LogP contribution in [0.15, 0.2) is 42.5 Å². The van der Waals surface area contributed by atoms with Crippen molar-refractivity contribution in [3.05, 3.63) is 53.6 Å². The van der Waals surface area contributed by atoms with Crippen molar-refractivity contribution in [1.29, 1.82) is 0 Å². The first-order valence-corrected chi connectivity index (χ1v) is 6.58. The Labute approximate surface area is 123 Å². The van der Waals surface area contributed by atoms with E-state index in [0.29, 0.717) is 5.75 Å². The van der Waals surface area contributed by atoms with Crippen molar-refractivity contribution in [1.82, 2.24) is 0 Å². The number of ether oxygens (including phenoxy) is 1. The Bertz CT molecular complexity index is 662. The van der Waals surface area contributed by atoms with E-state index in [1.807, 2.05) is 19.1 Å². The molecule has 0 amide bonds. The van der Waals surface area contributed by atoms with Crippen molar-refractivity contribution < 1.29 is 20.1 Å². The van der Waals surface area contributed by atoms with Crippen LogP contribution in [0.3, 0.4) is 0 Å². The lowest BCUT2D eigenvalue weighted by atomic mass is 9.99. The third-order valence-electron chi connectivity index (χ3n) is 3.31. The number of rotatable bonds is 4. The largest absolute Gasteiger partial charge is 0.504 e. The average molecular weight is 286 g/mol. The van der Waals surface area contributed by atoms with E-state index in [9.17, 15) is 15.3 Å². The quantitative estimate of drug-likeness (QED) is 0.751. The Balaban J connectivity index is 2.18. The third kappa shape index (κ3) is 3.48. The predicted molar refractivity (Wildman–Crippen MR) is 81.9 cm³/mol. The summed E-state index contributed by atoms with van der Waals surface area (Å²) < 4.78 is 5.06. The van der Waals surface area contributed by atoms with E-state index in [0.717, 1.165) is 11.1 Å². The second-order valence-corrected chi connectivity index (χ2v) is 4.83. The standard InChI is InChI=1S/C17H18O4/c1-11(13-6-8-14(18)16(20)10-13)3-4-12-5-7-15(19)17(9-12)21-2/h3-11,18-20H,1-2H3. The number of allylic oxidation sites excluding steroid dienone is 1. The van der Waals surface area contributed by atoms with Crippen LogP contribution in [0.2, 0.25) is 0 Å². The summed E-state index contributed by atoms with van der Waals surface area (Å²) in [7, 11) is 1.50. The number of hydrogen-bond donors (Lipinski definition) is 3. The molecule has 4 heteroatoms. The van der Waals surface area contributed by atoms with Gasteiger partial charge in [-0.1, -0.05) is 31.2 Å². The number of phenolic OH excluding ortho intramolecular Hbond substituents is 3. The molecule has 4 nitrogen and oxygen atoms in total. The molecule has 0 bridgehead atoms. The van der Waals surface area contributed by atoms with E-state index in [2.05, 4.69) is 0 Å². The number of hydrogen-bond acceptors (Lipinski definition) is 4.